The van der Waals surface area contributed by atoms with Crippen LogP contribution in [0.15, 0.2) is 18.2 Å². The van der Waals surface area contributed by atoms with Crippen LogP contribution in [0.4, 0.5) is 0 Å². The fourth-order valence-corrected chi connectivity index (χ4v) is 2.03. The number of rotatable bonds is 8. The van der Waals surface area contributed by atoms with E-state index in [9.17, 15) is 4.79 Å². The number of benzene rings is 1. The van der Waals surface area contributed by atoms with Crippen LogP contribution in [-0.2, 0) is 11.3 Å². The molecule has 0 bridgehead atoms. The van der Waals surface area contributed by atoms with Gasteiger partial charge in [-0.15, -0.1) is 12.4 Å². The largest absolute Gasteiger partial charge is 0.490 e. The maximum absolute atomic E-state index is 12.1. The number of ether oxygens (including phenoxy) is 1. The molecule has 4 nitrogen and oxygen atoms in total. The highest BCUT2D eigenvalue weighted by atomic mass is 35.5. The van der Waals surface area contributed by atoms with Crippen molar-refractivity contribution in [2.24, 2.45) is 11.7 Å². The van der Waals surface area contributed by atoms with Crippen LogP contribution >= 0.6 is 12.4 Å². The van der Waals surface area contributed by atoms with Crippen LogP contribution in [0.25, 0.3) is 0 Å². The first-order valence-electron chi connectivity index (χ1n) is 8.18. The minimum absolute atomic E-state index is 0. The van der Waals surface area contributed by atoms with Crippen molar-refractivity contribution in [1.29, 1.82) is 0 Å². The Balaban J connectivity index is 0.00000484. The van der Waals surface area contributed by atoms with E-state index < -0.39 is 6.04 Å². The molecule has 0 aliphatic carbocycles. The molecule has 0 radical (unpaired) electrons. The van der Waals surface area contributed by atoms with Crippen molar-refractivity contribution in [1.82, 2.24) is 5.32 Å². The van der Waals surface area contributed by atoms with E-state index in [1.165, 1.54) is 0 Å². The van der Waals surface area contributed by atoms with Gasteiger partial charge in [0.25, 0.3) is 0 Å². The number of nitrogens with two attached hydrogens (primary N) is 1. The van der Waals surface area contributed by atoms with Crippen molar-refractivity contribution in [3.8, 4) is 5.75 Å². The zero-order valence-corrected chi connectivity index (χ0v) is 15.7. The molecule has 0 saturated heterocycles. The van der Waals surface area contributed by atoms with E-state index in [-0.39, 0.29) is 30.3 Å². The molecule has 5 heteroatoms. The molecule has 0 aliphatic heterocycles. The maximum atomic E-state index is 12.1. The topological polar surface area (TPSA) is 64.3 Å². The second-order valence-corrected chi connectivity index (χ2v) is 6.08. The Bertz CT molecular complexity index is 494. The molecule has 0 fully saturated rings. The van der Waals surface area contributed by atoms with Crippen LogP contribution in [0.2, 0.25) is 0 Å². The normalized spacial score (nSPS) is 14.3. The van der Waals surface area contributed by atoms with Crippen molar-refractivity contribution < 1.29 is 9.53 Å². The first kappa shape index (κ1) is 21.7. The van der Waals surface area contributed by atoms with Crippen molar-refractivity contribution in [2.75, 3.05) is 0 Å². The summed E-state index contributed by atoms with van der Waals surface area (Å²) >= 11 is 0. The van der Waals surface area contributed by atoms with Gasteiger partial charge in [0, 0.05) is 12.1 Å². The Kier molecular flexibility index (Phi) is 9.93. The van der Waals surface area contributed by atoms with Gasteiger partial charge in [0.2, 0.25) is 5.91 Å². The molecule has 0 aromatic heterocycles. The highest BCUT2D eigenvalue weighted by Gasteiger charge is 2.19. The average molecular weight is 343 g/mol. The van der Waals surface area contributed by atoms with Crippen LogP contribution < -0.4 is 15.8 Å². The minimum atomic E-state index is -0.464. The Morgan fingerprint density at radius 3 is 2.48 bits per heavy atom. The highest BCUT2D eigenvalue weighted by molar-refractivity contribution is 5.85. The van der Waals surface area contributed by atoms with Crippen LogP contribution in [0.1, 0.15) is 51.7 Å². The summed E-state index contributed by atoms with van der Waals surface area (Å²) in [7, 11) is 0. The molecule has 0 heterocycles. The molecule has 23 heavy (non-hydrogen) atoms. The molecule has 3 N–H and O–H groups in total. The van der Waals surface area contributed by atoms with Crippen LogP contribution in [0.5, 0.6) is 5.75 Å². The predicted molar refractivity (Wildman–Crippen MR) is 98.1 cm³/mol. The summed E-state index contributed by atoms with van der Waals surface area (Å²) in [5.74, 6) is 0.907. The summed E-state index contributed by atoms with van der Waals surface area (Å²) in [4.78, 5) is 12.1. The van der Waals surface area contributed by atoms with E-state index in [2.05, 4.69) is 12.2 Å². The molecule has 1 amide bonds. The van der Waals surface area contributed by atoms with E-state index in [0.29, 0.717) is 6.54 Å². The third-order valence-electron chi connectivity index (χ3n) is 4.14. The maximum Gasteiger partial charge on any atom is 0.237 e. The summed E-state index contributed by atoms with van der Waals surface area (Å²) in [6.07, 6.45) is 1.98. The first-order chi connectivity index (χ1) is 10.4. The predicted octanol–water partition coefficient (Wildman–Crippen LogP) is 3.58. The molecule has 0 spiro atoms. The van der Waals surface area contributed by atoms with Gasteiger partial charge in [-0.3, -0.25) is 4.79 Å². The van der Waals surface area contributed by atoms with E-state index in [1.54, 1.807) is 0 Å². The lowest BCUT2D eigenvalue weighted by molar-refractivity contribution is -0.123. The Morgan fingerprint density at radius 2 is 1.91 bits per heavy atom. The van der Waals surface area contributed by atoms with Crippen LogP contribution in [0.3, 0.4) is 0 Å². The van der Waals surface area contributed by atoms with E-state index in [4.69, 9.17) is 10.5 Å². The molecule has 1 rings (SSSR count). The highest BCUT2D eigenvalue weighted by Crippen LogP contribution is 2.22. The summed E-state index contributed by atoms with van der Waals surface area (Å²) < 4.78 is 5.95. The second kappa shape index (κ2) is 10.5. The number of carbonyl (C=O) groups excluding carboxylic acids is 1. The van der Waals surface area contributed by atoms with Gasteiger partial charge in [0.05, 0.1) is 12.1 Å². The fraction of sp³-hybridized carbons (Fsp3) is 0.611. The first-order valence-corrected chi connectivity index (χ1v) is 8.18. The molecule has 0 aliphatic rings. The Hall–Kier alpha value is -1.26. The number of hydrogen-bond donors (Lipinski definition) is 2. The second-order valence-electron chi connectivity index (χ2n) is 6.08. The average Bonchev–Trinajstić information content (AvgIpc) is 2.52. The van der Waals surface area contributed by atoms with Crippen molar-refractivity contribution in [3.63, 3.8) is 0 Å². The van der Waals surface area contributed by atoms with Gasteiger partial charge in [0.15, 0.2) is 0 Å². The molecule has 1 aromatic carbocycles. The summed E-state index contributed by atoms with van der Waals surface area (Å²) in [6.45, 7) is 10.6. The lowest BCUT2D eigenvalue weighted by atomic mass is 9.99. The van der Waals surface area contributed by atoms with Crippen LogP contribution in [-0.4, -0.2) is 18.1 Å². The third kappa shape index (κ3) is 6.80. The molecule has 3 unspecified atom stereocenters. The minimum Gasteiger partial charge on any atom is -0.490 e. The van der Waals surface area contributed by atoms with Gasteiger partial charge in [-0.25, -0.2) is 0 Å². The number of amides is 1. The summed E-state index contributed by atoms with van der Waals surface area (Å²) in [6, 6.07) is 5.58. The molecule has 3 atom stereocenters. The summed E-state index contributed by atoms with van der Waals surface area (Å²) in [5.41, 5.74) is 8.08. The molecular formula is C18H31ClN2O2. The molecule has 0 saturated carbocycles. The Morgan fingerprint density at radius 1 is 1.26 bits per heavy atom. The SMILES string of the molecule is CCC(C)Oc1cc(C)ccc1CNC(=O)C(N)C(C)CC.Cl. The molecule has 132 valence electrons. The van der Waals surface area contributed by atoms with Gasteiger partial charge in [-0.1, -0.05) is 39.3 Å². The fourth-order valence-electron chi connectivity index (χ4n) is 2.03. The van der Waals surface area contributed by atoms with E-state index >= 15 is 0 Å². The van der Waals surface area contributed by atoms with E-state index in [1.807, 2.05) is 45.9 Å². The standard InChI is InChI=1S/C18H30N2O2.ClH/c1-6-13(4)17(19)18(21)20-11-15-9-8-12(3)10-16(15)22-14(5)7-2;/h8-10,13-14,17H,6-7,11,19H2,1-5H3,(H,20,21);1H. The number of carbonyl (C=O) groups is 1. The number of aryl methyl sites for hydroxylation is 1. The zero-order chi connectivity index (χ0) is 16.7. The van der Waals surface area contributed by atoms with Crippen molar-refractivity contribution in [3.05, 3.63) is 29.3 Å². The lowest BCUT2D eigenvalue weighted by Gasteiger charge is -2.20. The van der Waals surface area contributed by atoms with Gasteiger partial charge >= 0.3 is 0 Å². The van der Waals surface area contributed by atoms with Gasteiger partial charge in [-0.2, -0.15) is 0 Å². The molecular weight excluding hydrogens is 312 g/mol. The number of hydrogen-bond acceptors (Lipinski definition) is 3. The number of halogens is 1. The van der Waals surface area contributed by atoms with Gasteiger partial charge in [0.1, 0.15) is 5.75 Å². The monoisotopic (exact) mass is 342 g/mol. The summed E-state index contributed by atoms with van der Waals surface area (Å²) in [5, 5.41) is 2.92. The number of nitrogens with one attached hydrogen (secondary N) is 1. The zero-order valence-electron chi connectivity index (χ0n) is 14.9. The van der Waals surface area contributed by atoms with E-state index in [0.717, 1.165) is 29.7 Å². The van der Waals surface area contributed by atoms with Crippen molar-refractivity contribution >= 4 is 18.3 Å². The van der Waals surface area contributed by atoms with Crippen molar-refractivity contribution in [2.45, 2.75) is 66.2 Å². The smallest absolute Gasteiger partial charge is 0.237 e. The van der Waals surface area contributed by atoms with Gasteiger partial charge in [-0.05, 0) is 37.8 Å². The van der Waals surface area contributed by atoms with Gasteiger partial charge < -0.3 is 15.8 Å². The third-order valence-corrected chi connectivity index (χ3v) is 4.14. The Labute approximate surface area is 146 Å². The quantitative estimate of drug-likeness (QED) is 0.758. The lowest BCUT2D eigenvalue weighted by Crippen LogP contribution is -2.44. The molecule has 1 aromatic rings. The van der Waals surface area contributed by atoms with Crippen LogP contribution in [0, 0.1) is 12.8 Å².